The molecule has 0 aromatic heterocycles. The molecule has 3 aliphatic rings. The van der Waals surface area contributed by atoms with Crippen LogP contribution in [0.3, 0.4) is 0 Å². The van der Waals surface area contributed by atoms with E-state index in [2.05, 4.69) is 11.4 Å². The number of nitrogens with zero attached hydrogens (tertiary/aromatic N) is 1. The lowest BCUT2D eigenvalue weighted by Gasteiger charge is -2.16. The first kappa shape index (κ1) is 13.7. The van der Waals surface area contributed by atoms with E-state index in [4.69, 9.17) is 0 Å². The van der Waals surface area contributed by atoms with Gasteiger partial charge in [-0.1, -0.05) is 11.6 Å². The van der Waals surface area contributed by atoms with Gasteiger partial charge in [0.25, 0.3) is 0 Å². The highest BCUT2D eigenvalue weighted by Crippen LogP contribution is 2.32. The van der Waals surface area contributed by atoms with Crippen LogP contribution in [0.25, 0.3) is 0 Å². The van der Waals surface area contributed by atoms with E-state index in [-0.39, 0.29) is 17.7 Å². The van der Waals surface area contributed by atoms with Crippen molar-refractivity contribution in [1.29, 1.82) is 0 Å². The fourth-order valence-electron chi connectivity index (χ4n) is 3.27. The van der Waals surface area contributed by atoms with Gasteiger partial charge in [-0.05, 0) is 44.9 Å². The van der Waals surface area contributed by atoms with Crippen LogP contribution in [0.5, 0.6) is 0 Å². The average molecular weight is 276 g/mol. The second-order valence-electron chi connectivity index (χ2n) is 6.33. The second kappa shape index (κ2) is 5.98. The maximum Gasteiger partial charge on any atom is 0.225 e. The quantitative estimate of drug-likeness (QED) is 0.781. The third-order valence-electron chi connectivity index (χ3n) is 4.65. The number of carbonyl (C=O) groups excluding carboxylic acids is 2. The molecule has 110 valence electrons. The average Bonchev–Trinajstić information content (AvgIpc) is 3.23. The first-order valence-electron chi connectivity index (χ1n) is 7.99. The van der Waals surface area contributed by atoms with E-state index in [9.17, 15) is 9.59 Å². The van der Waals surface area contributed by atoms with Crippen molar-refractivity contribution in [2.24, 2.45) is 5.92 Å². The lowest BCUT2D eigenvalue weighted by molar-refractivity contribution is -0.129. The minimum absolute atomic E-state index is 0.0675. The largest absolute Gasteiger partial charge is 0.355 e. The molecule has 4 heteroatoms. The van der Waals surface area contributed by atoms with Gasteiger partial charge in [0.05, 0.1) is 5.92 Å². The first-order valence-corrected chi connectivity index (χ1v) is 7.99. The van der Waals surface area contributed by atoms with E-state index < -0.39 is 0 Å². The minimum Gasteiger partial charge on any atom is -0.355 e. The van der Waals surface area contributed by atoms with Gasteiger partial charge in [-0.2, -0.15) is 0 Å². The van der Waals surface area contributed by atoms with E-state index in [1.807, 2.05) is 4.90 Å². The number of carbonyl (C=O) groups is 2. The first-order chi connectivity index (χ1) is 9.74. The summed E-state index contributed by atoms with van der Waals surface area (Å²) in [4.78, 5) is 25.9. The molecule has 1 N–H and O–H groups in total. The Morgan fingerprint density at radius 1 is 1.35 bits per heavy atom. The van der Waals surface area contributed by atoms with Crippen LogP contribution in [0.4, 0.5) is 0 Å². The molecule has 0 aromatic carbocycles. The van der Waals surface area contributed by atoms with Gasteiger partial charge < -0.3 is 10.2 Å². The highest BCUT2D eigenvalue weighted by atomic mass is 16.2. The number of nitrogens with one attached hydrogen (secondary N) is 1. The van der Waals surface area contributed by atoms with E-state index in [0.717, 1.165) is 25.8 Å². The van der Waals surface area contributed by atoms with Crippen LogP contribution in [-0.4, -0.2) is 35.8 Å². The van der Waals surface area contributed by atoms with Gasteiger partial charge in [-0.3, -0.25) is 9.59 Å². The van der Waals surface area contributed by atoms with Gasteiger partial charge in [0, 0.05) is 25.6 Å². The van der Waals surface area contributed by atoms with Gasteiger partial charge in [0.2, 0.25) is 11.8 Å². The molecule has 0 aromatic rings. The maximum absolute atomic E-state index is 12.1. The molecule has 0 bridgehead atoms. The summed E-state index contributed by atoms with van der Waals surface area (Å²) in [5, 5.41) is 3.01. The Morgan fingerprint density at radius 3 is 2.90 bits per heavy atom. The van der Waals surface area contributed by atoms with Crippen LogP contribution in [0.2, 0.25) is 0 Å². The summed E-state index contributed by atoms with van der Waals surface area (Å²) < 4.78 is 0. The molecule has 2 aliphatic carbocycles. The number of hydrogen-bond donors (Lipinski definition) is 1. The predicted molar refractivity (Wildman–Crippen MR) is 77.0 cm³/mol. The molecule has 0 spiro atoms. The van der Waals surface area contributed by atoms with Crippen LogP contribution in [0.15, 0.2) is 11.6 Å². The second-order valence-corrected chi connectivity index (χ2v) is 6.33. The molecule has 1 unspecified atom stereocenters. The SMILES string of the molecule is O=C(NCCC1=CCCCC1)C1CC(=O)N(C2CC2)C1. The van der Waals surface area contributed by atoms with Crippen molar-refractivity contribution in [3.63, 3.8) is 0 Å². The molecule has 1 aliphatic heterocycles. The molecule has 2 amide bonds. The summed E-state index contributed by atoms with van der Waals surface area (Å²) in [6.45, 7) is 1.36. The highest BCUT2D eigenvalue weighted by molar-refractivity contribution is 5.89. The van der Waals surface area contributed by atoms with Crippen molar-refractivity contribution in [3.05, 3.63) is 11.6 Å². The zero-order chi connectivity index (χ0) is 13.9. The van der Waals surface area contributed by atoms with Gasteiger partial charge >= 0.3 is 0 Å². The molecule has 1 atom stereocenters. The molecule has 1 saturated heterocycles. The Hall–Kier alpha value is -1.32. The lowest BCUT2D eigenvalue weighted by atomic mass is 9.97. The molecule has 0 radical (unpaired) electrons. The summed E-state index contributed by atoms with van der Waals surface area (Å²) in [5.41, 5.74) is 1.48. The van der Waals surface area contributed by atoms with Gasteiger partial charge in [0.1, 0.15) is 0 Å². The van der Waals surface area contributed by atoms with E-state index in [1.165, 1.54) is 31.3 Å². The zero-order valence-electron chi connectivity index (χ0n) is 12.1. The van der Waals surface area contributed by atoms with E-state index in [0.29, 0.717) is 19.0 Å². The molecule has 1 saturated carbocycles. The van der Waals surface area contributed by atoms with Gasteiger partial charge in [0.15, 0.2) is 0 Å². The van der Waals surface area contributed by atoms with Crippen LogP contribution in [0.1, 0.15) is 51.4 Å². The highest BCUT2D eigenvalue weighted by Gasteiger charge is 2.41. The lowest BCUT2D eigenvalue weighted by Crippen LogP contribution is -2.34. The summed E-state index contributed by atoms with van der Waals surface area (Å²) in [5.74, 6) is 0.115. The molecule has 20 heavy (non-hydrogen) atoms. The predicted octanol–water partition coefficient (Wildman–Crippen LogP) is 2.00. The minimum atomic E-state index is -0.122. The zero-order valence-corrected chi connectivity index (χ0v) is 12.1. The summed E-state index contributed by atoms with van der Waals surface area (Å²) in [6, 6.07) is 0.438. The molecule has 2 fully saturated rings. The number of likely N-dealkylation sites (tertiary alicyclic amines) is 1. The summed E-state index contributed by atoms with van der Waals surface area (Å²) in [6.07, 6.45) is 10.9. The Balaban J connectivity index is 1.40. The smallest absolute Gasteiger partial charge is 0.225 e. The Morgan fingerprint density at radius 2 is 2.20 bits per heavy atom. The van der Waals surface area contributed by atoms with Crippen LogP contribution >= 0.6 is 0 Å². The maximum atomic E-state index is 12.1. The topological polar surface area (TPSA) is 49.4 Å². The number of allylic oxidation sites excluding steroid dienone is 1. The summed E-state index contributed by atoms with van der Waals surface area (Å²) in [7, 11) is 0. The monoisotopic (exact) mass is 276 g/mol. The molecule has 3 rings (SSSR count). The molecular formula is C16H24N2O2. The number of hydrogen-bond acceptors (Lipinski definition) is 2. The molecule has 1 heterocycles. The molecule has 4 nitrogen and oxygen atoms in total. The number of rotatable bonds is 5. The van der Waals surface area contributed by atoms with Crippen LogP contribution in [0, 0.1) is 5.92 Å². The van der Waals surface area contributed by atoms with Gasteiger partial charge in [-0.15, -0.1) is 0 Å². The van der Waals surface area contributed by atoms with Crippen molar-refractivity contribution >= 4 is 11.8 Å². The summed E-state index contributed by atoms with van der Waals surface area (Å²) >= 11 is 0. The van der Waals surface area contributed by atoms with Crippen LogP contribution < -0.4 is 5.32 Å². The fraction of sp³-hybridized carbons (Fsp3) is 0.750. The van der Waals surface area contributed by atoms with E-state index in [1.54, 1.807) is 0 Å². The fourth-order valence-corrected chi connectivity index (χ4v) is 3.27. The third kappa shape index (κ3) is 3.22. The van der Waals surface area contributed by atoms with Crippen molar-refractivity contribution in [3.8, 4) is 0 Å². The van der Waals surface area contributed by atoms with Gasteiger partial charge in [-0.25, -0.2) is 0 Å². The number of amides is 2. The Kier molecular flexibility index (Phi) is 4.08. The van der Waals surface area contributed by atoms with Crippen LogP contribution in [-0.2, 0) is 9.59 Å². The van der Waals surface area contributed by atoms with Crippen molar-refractivity contribution in [1.82, 2.24) is 10.2 Å². The van der Waals surface area contributed by atoms with Crippen molar-refractivity contribution in [2.45, 2.75) is 57.4 Å². The Labute approximate surface area is 120 Å². The normalized spacial score (nSPS) is 26.6. The third-order valence-corrected chi connectivity index (χ3v) is 4.65. The van der Waals surface area contributed by atoms with Crippen molar-refractivity contribution in [2.75, 3.05) is 13.1 Å². The van der Waals surface area contributed by atoms with Crippen molar-refractivity contribution < 1.29 is 9.59 Å². The Bertz CT molecular complexity index is 426. The van der Waals surface area contributed by atoms with E-state index >= 15 is 0 Å². The standard InChI is InChI=1S/C16H24N2O2/c19-15-10-13(11-18(15)14-6-7-14)16(20)17-9-8-12-4-2-1-3-5-12/h4,13-14H,1-3,5-11H2,(H,17,20). The molecular weight excluding hydrogens is 252 g/mol.